The van der Waals surface area contributed by atoms with E-state index in [1.54, 1.807) is 7.11 Å². The third-order valence-corrected chi connectivity index (χ3v) is 3.83. The fourth-order valence-corrected chi connectivity index (χ4v) is 2.77. The summed E-state index contributed by atoms with van der Waals surface area (Å²) in [5, 5.41) is 10.7. The summed E-state index contributed by atoms with van der Waals surface area (Å²) >= 11 is 6.03. The van der Waals surface area contributed by atoms with Crippen molar-refractivity contribution in [1.29, 1.82) is 5.26 Å². The number of nitrogens with zero attached hydrogens (tertiary/aromatic N) is 1. The Morgan fingerprint density at radius 3 is 2.82 bits per heavy atom. The van der Waals surface area contributed by atoms with Gasteiger partial charge in [-0.25, -0.2) is 0 Å². The van der Waals surface area contributed by atoms with Gasteiger partial charge in [-0.15, -0.1) is 0 Å². The first-order valence-corrected chi connectivity index (χ1v) is 7.28. The van der Waals surface area contributed by atoms with Crippen LogP contribution in [0.5, 0.6) is 5.75 Å². The highest BCUT2D eigenvalue weighted by Crippen LogP contribution is 2.31. The standard InChI is InChI=1S/C18H14ClNO2/c1-21-14-5-6-17-16(11-14)15(7-8-20)18(22-17)10-12-3-2-4-13(19)9-12/h2-6,9,11H,7,10H2,1H3. The second-order valence-electron chi connectivity index (χ2n) is 5.01. The van der Waals surface area contributed by atoms with Crippen molar-refractivity contribution in [3.63, 3.8) is 0 Å². The molecule has 3 aromatic rings. The summed E-state index contributed by atoms with van der Waals surface area (Å²) in [4.78, 5) is 0. The molecule has 0 radical (unpaired) electrons. The zero-order chi connectivity index (χ0) is 15.5. The van der Waals surface area contributed by atoms with Crippen molar-refractivity contribution in [2.24, 2.45) is 0 Å². The topological polar surface area (TPSA) is 46.2 Å². The second-order valence-corrected chi connectivity index (χ2v) is 5.44. The molecule has 0 aliphatic carbocycles. The maximum Gasteiger partial charge on any atom is 0.134 e. The van der Waals surface area contributed by atoms with E-state index in [1.165, 1.54) is 0 Å². The van der Waals surface area contributed by atoms with Crippen LogP contribution in [0.2, 0.25) is 5.02 Å². The smallest absolute Gasteiger partial charge is 0.134 e. The molecule has 0 saturated heterocycles. The Hall–Kier alpha value is -2.44. The molecular weight excluding hydrogens is 298 g/mol. The van der Waals surface area contributed by atoms with Gasteiger partial charge in [-0.1, -0.05) is 23.7 Å². The lowest BCUT2D eigenvalue weighted by atomic mass is 10.0. The number of hydrogen-bond acceptors (Lipinski definition) is 3. The molecule has 0 amide bonds. The molecule has 3 nitrogen and oxygen atoms in total. The molecule has 0 bridgehead atoms. The first-order valence-electron chi connectivity index (χ1n) is 6.91. The predicted octanol–water partition coefficient (Wildman–Crippen LogP) is 4.75. The highest BCUT2D eigenvalue weighted by Gasteiger charge is 2.15. The van der Waals surface area contributed by atoms with Crippen LogP contribution < -0.4 is 4.74 Å². The summed E-state index contributed by atoms with van der Waals surface area (Å²) in [7, 11) is 1.62. The fourth-order valence-electron chi connectivity index (χ4n) is 2.55. The summed E-state index contributed by atoms with van der Waals surface area (Å²) < 4.78 is 11.2. The van der Waals surface area contributed by atoms with Gasteiger partial charge in [0.1, 0.15) is 17.1 Å². The quantitative estimate of drug-likeness (QED) is 0.698. The van der Waals surface area contributed by atoms with E-state index >= 15 is 0 Å². The van der Waals surface area contributed by atoms with Gasteiger partial charge in [0.25, 0.3) is 0 Å². The Morgan fingerprint density at radius 1 is 1.23 bits per heavy atom. The number of fused-ring (bicyclic) bond motifs is 1. The van der Waals surface area contributed by atoms with Crippen LogP contribution in [0, 0.1) is 11.3 Å². The summed E-state index contributed by atoms with van der Waals surface area (Å²) in [6.45, 7) is 0. The van der Waals surface area contributed by atoms with E-state index in [9.17, 15) is 0 Å². The summed E-state index contributed by atoms with van der Waals surface area (Å²) in [5.41, 5.74) is 2.73. The highest BCUT2D eigenvalue weighted by molar-refractivity contribution is 6.30. The first kappa shape index (κ1) is 14.5. The SMILES string of the molecule is COc1ccc2oc(Cc3cccc(Cl)c3)c(CC#N)c2c1. The molecular formula is C18H14ClNO2. The van der Waals surface area contributed by atoms with Crippen LogP contribution in [-0.2, 0) is 12.8 Å². The fraction of sp³-hybridized carbons (Fsp3) is 0.167. The lowest BCUT2D eigenvalue weighted by molar-refractivity contribution is 0.415. The van der Waals surface area contributed by atoms with Crippen LogP contribution in [-0.4, -0.2) is 7.11 Å². The normalized spacial score (nSPS) is 10.6. The Labute approximate surface area is 133 Å². The lowest BCUT2D eigenvalue weighted by Gasteiger charge is -2.01. The van der Waals surface area contributed by atoms with Gasteiger partial charge >= 0.3 is 0 Å². The zero-order valence-electron chi connectivity index (χ0n) is 12.1. The number of nitriles is 1. The molecule has 3 rings (SSSR count). The van der Waals surface area contributed by atoms with Gasteiger partial charge in [-0.05, 0) is 35.9 Å². The van der Waals surface area contributed by atoms with Gasteiger partial charge in [-0.2, -0.15) is 5.26 Å². The molecule has 4 heteroatoms. The highest BCUT2D eigenvalue weighted by atomic mass is 35.5. The van der Waals surface area contributed by atoms with Crippen molar-refractivity contribution >= 4 is 22.6 Å². The van der Waals surface area contributed by atoms with Crippen molar-refractivity contribution in [3.05, 3.63) is 64.4 Å². The monoisotopic (exact) mass is 311 g/mol. The van der Waals surface area contributed by atoms with Crippen LogP contribution in [0.1, 0.15) is 16.9 Å². The summed E-state index contributed by atoms with van der Waals surface area (Å²) in [6.07, 6.45) is 0.907. The number of furan rings is 1. The van der Waals surface area contributed by atoms with Crippen molar-refractivity contribution in [2.75, 3.05) is 7.11 Å². The molecule has 0 atom stereocenters. The van der Waals surface area contributed by atoms with E-state index in [1.807, 2.05) is 42.5 Å². The molecule has 0 aliphatic heterocycles. The minimum absolute atomic E-state index is 0.302. The van der Waals surface area contributed by atoms with Crippen LogP contribution in [0.25, 0.3) is 11.0 Å². The molecule has 22 heavy (non-hydrogen) atoms. The summed E-state index contributed by atoms with van der Waals surface area (Å²) in [6, 6.07) is 15.5. The molecule has 0 fully saturated rings. The number of ether oxygens (including phenoxy) is 1. The van der Waals surface area contributed by atoms with Gasteiger partial charge in [0, 0.05) is 22.4 Å². The Kier molecular flexibility index (Phi) is 4.04. The second kappa shape index (κ2) is 6.13. The van der Waals surface area contributed by atoms with Gasteiger partial charge in [0.15, 0.2) is 0 Å². The number of hydrogen-bond donors (Lipinski definition) is 0. The molecule has 1 aromatic heterocycles. The minimum atomic E-state index is 0.302. The van der Waals surface area contributed by atoms with Crippen LogP contribution in [0.15, 0.2) is 46.9 Å². The molecule has 0 unspecified atom stereocenters. The van der Waals surface area contributed by atoms with Gasteiger partial charge in [0.2, 0.25) is 0 Å². The Bertz CT molecular complexity index is 861. The molecule has 0 saturated carbocycles. The van der Waals surface area contributed by atoms with E-state index in [2.05, 4.69) is 6.07 Å². The van der Waals surface area contributed by atoms with E-state index < -0.39 is 0 Å². The van der Waals surface area contributed by atoms with Gasteiger partial charge in [0.05, 0.1) is 19.6 Å². The average Bonchev–Trinajstić information content (AvgIpc) is 2.84. The maximum atomic E-state index is 9.11. The number of rotatable bonds is 4. The van der Waals surface area contributed by atoms with E-state index in [-0.39, 0.29) is 0 Å². The van der Waals surface area contributed by atoms with Crippen molar-refractivity contribution in [2.45, 2.75) is 12.8 Å². The van der Waals surface area contributed by atoms with E-state index in [0.29, 0.717) is 17.9 Å². The van der Waals surface area contributed by atoms with Crippen molar-refractivity contribution < 1.29 is 9.15 Å². The van der Waals surface area contributed by atoms with Crippen LogP contribution in [0.3, 0.4) is 0 Å². The van der Waals surface area contributed by atoms with Gasteiger partial charge in [-0.3, -0.25) is 0 Å². The molecule has 0 aliphatic rings. The first-order chi connectivity index (χ1) is 10.7. The molecule has 0 spiro atoms. The minimum Gasteiger partial charge on any atom is -0.497 e. The van der Waals surface area contributed by atoms with Crippen molar-refractivity contribution in [3.8, 4) is 11.8 Å². The molecule has 0 N–H and O–H groups in total. The average molecular weight is 312 g/mol. The van der Waals surface area contributed by atoms with Gasteiger partial charge < -0.3 is 9.15 Å². The van der Waals surface area contributed by atoms with E-state index in [0.717, 1.165) is 33.6 Å². The maximum absolute atomic E-state index is 9.11. The van der Waals surface area contributed by atoms with E-state index in [4.69, 9.17) is 26.0 Å². The predicted molar refractivity (Wildman–Crippen MR) is 86.3 cm³/mol. The number of methoxy groups -OCH3 is 1. The number of benzene rings is 2. The van der Waals surface area contributed by atoms with Crippen LogP contribution >= 0.6 is 11.6 Å². The molecule has 1 heterocycles. The number of halogens is 1. The van der Waals surface area contributed by atoms with Crippen molar-refractivity contribution in [1.82, 2.24) is 0 Å². The third kappa shape index (κ3) is 2.79. The Balaban J connectivity index is 2.08. The molecule has 110 valence electrons. The van der Waals surface area contributed by atoms with Crippen LogP contribution in [0.4, 0.5) is 0 Å². The molecule has 2 aromatic carbocycles. The Morgan fingerprint density at radius 2 is 2.09 bits per heavy atom. The largest absolute Gasteiger partial charge is 0.497 e. The zero-order valence-corrected chi connectivity index (χ0v) is 12.9. The summed E-state index contributed by atoms with van der Waals surface area (Å²) in [5.74, 6) is 1.55. The third-order valence-electron chi connectivity index (χ3n) is 3.59. The lowest BCUT2D eigenvalue weighted by Crippen LogP contribution is -1.91.